The molecule has 0 N–H and O–H groups in total. The number of aromatic nitrogens is 2. The second-order valence-corrected chi connectivity index (χ2v) is 7.63. The van der Waals surface area contributed by atoms with E-state index in [-0.39, 0.29) is 17.9 Å². The van der Waals surface area contributed by atoms with E-state index in [9.17, 15) is 14.9 Å². The molecule has 6 rings (SSSR count). The SMILES string of the molecule is O=c1c2ccccc2c2nccc3c4cc(OCc5ccc([N+](=O)[O-])cc5)ccc4n1c32. The van der Waals surface area contributed by atoms with Gasteiger partial charge in [0.15, 0.2) is 0 Å². The van der Waals surface area contributed by atoms with Crippen LogP contribution in [0.15, 0.2) is 83.8 Å². The van der Waals surface area contributed by atoms with E-state index < -0.39 is 4.92 Å². The molecule has 3 aromatic heterocycles. The lowest BCUT2D eigenvalue weighted by molar-refractivity contribution is -0.384. The molecule has 3 aromatic carbocycles. The van der Waals surface area contributed by atoms with Gasteiger partial charge in [0.05, 0.1) is 21.5 Å². The number of nitro benzene ring substituents is 1. The molecule has 0 saturated carbocycles. The Morgan fingerprint density at radius 1 is 0.906 bits per heavy atom. The first kappa shape index (κ1) is 18.3. The predicted octanol–water partition coefficient (Wildman–Crippen LogP) is 5.08. The number of nitrogens with zero attached hydrogens (tertiary/aromatic N) is 3. The maximum absolute atomic E-state index is 13.3. The molecule has 7 nitrogen and oxygen atoms in total. The molecule has 3 heterocycles. The van der Waals surface area contributed by atoms with Crippen molar-refractivity contribution in [3.05, 3.63) is 105 Å². The van der Waals surface area contributed by atoms with Gasteiger partial charge in [-0.25, -0.2) is 0 Å². The maximum atomic E-state index is 13.3. The summed E-state index contributed by atoms with van der Waals surface area (Å²) in [5.41, 5.74) is 3.20. The van der Waals surface area contributed by atoms with Crippen LogP contribution in [-0.2, 0) is 6.61 Å². The zero-order valence-corrected chi connectivity index (χ0v) is 16.7. The molecular formula is C25H15N3O4. The van der Waals surface area contributed by atoms with Gasteiger partial charge >= 0.3 is 0 Å². The van der Waals surface area contributed by atoms with Gasteiger partial charge in [-0.3, -0.25) is 24.3 Å². The smallest absolute Gasteiger partial charge is 0.269 e. The quantitative estimate of drug-likeness (QED) is 0.225. The number of hydrogen-bond acceptors (Lipinski definition) is 5. The van der Waals surface area contributed by atoms with E-state index in [1.165, 1.54) is 12.1 Å². The molecule has 0 atom stereocenters. The summed E-state index contributed by atoms with van der Waals surface area (Å²) in [6, 6.07) is 21.4. The fourth-order valence-electron chi connectivity index (χ4n) is 4.32. The largest absolute Gasteiger partial charge is 0.489 e. The molecule has 32 heavy (non-hydrogen) atoms. The summed E-state index contributed by atoms with van der Waals surface area (Å²) in [6.07, 6.45) is 1.76. The van der Waals surface area contributed by atoms with E-state index in [1.807, 2.05) is 48.5 Å². The number of non-ortho nitro benzene ring substituents is 1. The second kappa shape index (κ2) is 6.75. The number of rotatable bonds is 4. The summed E-state index contributed by atoms with van der Waals surface area (Å²) < 4.78 is 7.68. The standard InChI is InChI=1S/C25H15N3O4/c29-25-20-4-2-1-3-18(20)23-24-19(11-12-26-23)21-13-17(9-10-22(21)27(24)25)32-14-15-5-7-16(8-6-15)28(30)31/h1-13H,14H2. The number of pyridine rings is 2. The minimum absolute atomic E-state index is 0.0450. The van der Waals surface area contributed by atoms with E-state index in [4.69, 9.17) is 4.74 Å². The van der Waals surface area contributed by atoms with Crippen LogP contribution in [0.4, 0.5) is 5.69 Å². The maximum Gasteiger partial charge on any atom is 0.269 e. The number of fused-ring (bicyclic) bond motifs is 5. The van der Waals surface area contributed by atoms with Gasteiger partial charge in [-0.2, -0.15) is 0 Å². The van der Waals surface area contributed by atoms with Crippen LogP contribution in [0.25, 0.3) is 38.1 Å². The Labute approximate surface area is 180 Å². The molecule has 0 radical (unpaired) electrons. The van der Waals surface area contributed by atoms with Crippen LogP contribution in [0.2, 0.25) is 0 Å². The highest BCUT2D eigenvalue weighted by molar-refractivity contribution is 6.18. The van der Waals surface area contributed by atoms with Crippen molar-refractivity contribution < 1.29 is 9.66 Å². The van der Waals surface area contributed by atoms with Crippen LogP contribution < -0.4 is 10.3 Å². The van der Waals surface area contributed by atoms with E-state index >= 15 is 0 Å². The lowest BCUT2D eigenvalue weighted by Crippen LogP contribution is -2.13. The molecule has 0 unspecified atom stereocenters. The molecule has 0 aliphatic heterocycles. The number of nitro groups is 1. The first-order valence-corrected chi connectivity index (χ1v) is 10.1. The van der Waals surface area contributed by atoms with Gasteiger partial charge in [0.1, 0.15) is 12.4 Å². The van der Waals surface area contributed by atoms with Crippen LogP contribution in [0.3, 0.4) is 0 Å². The molecule has 0 spiro atoms. The van der Waals surface area contributed by atoms with Crippen LogP contribution in [-0.4, -0.2) is 14.3 Å². The van der Waals surface area contributed by atoms with E-state index in [2.05, 4.69) is 4.98 Å². The summed E-state index contributed by atoms with van der Waals surface area (Å²) >= 11 is 0. The highest BCUT2D eigenvalue weighted by Crippen LogP contribution is 2.34. The van der Waals surface area contributed by atoms with Gasteiger partial charge in [-0.05, 0) is 48.0 Å². The Balaban J connectivity index is 1.48. The average Bonchev–Trinajstić information content (AvgIpc) is 3.16. The van der Waals surface area contributed by atoms with Gasteiger partial charge in [-0.15, -0.1) is 0 Å². The van der Waals surface area contributed by atoms with Crippen molar-refractivity contribution in [2.45, 2.75) is 6.61 Å². The molecule has 0 aliphatic carbocycles. The zero-order valence-electron chi connectivity index (χ0n) is 16.7. The lowest BCUT2D eigenvalue weighted by atomic mass is 10.1. The van der Waals surface area contributed by atoms with Gasteiger partial charge in [-0.1, -0.05) is 18.2 Å². The molecule has 0 saturated heterocycles. The minimum Gasteiger partial charge on any atom is -0.489 e. The van der Waals surface area contributed by atoms with Crippen molar-refractivity contribution in [1.29, 1.82) is 0 Å². The highest BCUT2D eigenvalue weighted by Gasteiger charge is 2.18. The number of benzene rings is 3. The van der Waals surface area contributed by atoms with Crippen LogP contribution in [0, 0.1) is 10.1 Å². The monoisotopic (exact) mass is 421 g/mol. The molecule has 6 aromatic rings. The second-order valence-electron chi connectivity index (χ2n) is 7.63. The van der Waals surface area contributed by atoms with Gasteiger partial charge in [0, 0.05) is 39.9 Å². The number of hydrogen-bond donors (Lipinski definition) is 0. The summed E-state index contributed by atoms with van der Waals surface area (Å²) in [5.74, 6) is 0.650. The molecule has 0 aliphatic rings. The minimum atomic E-state index is -0.427. The highest BCUT2D eigenvalue weighted by atomic mass is 16.6. The Kier molecular flexibility index (Phi) is 3.85. The zero-order chi connectivity index (χ0) is 21.8. The van der Waals surface area contributed by atoms with Gasteiger partial charge in [0.2, 0.25) is 0 Å². The normalized spacial score (nSPS) is 11.6. The molecule has 0 fully saturated rings. The van der Waals surface area contributed by atoms with Crippen molar-refractivity contribution >= 4 is 43.8 Å². The van der Waals surface area contributed by atoms with Gasteiger partial charge < -0.3 is 4.74 Å². The third-order valence-corrected chi connectivity index (χ3v) is 5.82. The Bertz CT molecular complexity index is 1720. The van der Waals surface area contributed by atoms with Crippen molar-refractivity contribution in [1.82, 2.24) is 9.38 Å². The van der Waals surface area contributed by atoms with Crippen LogP contribution in [0.1, 0.15) is 5.56 Å². The van der Waals surface area contributed by atoms with E-state index in [0.717, 1.165) is 38.3 Å². The Morgan fingerprint density at radius 3 is 2.47 bits per heavy atom. The van der Waals surface area contributed by atoms with Crippen molar-refractivity contribution in [2.24, 2.45) is 0 Å². The Morgan fingerprint density at radius 2 is 1.69 bits per heavy atom. The van der Waals surface area contributed by atoms with E-state index in [0.29, 0.717) is 11.1 Å². The molecule has 7 heteroatoms. The molecule has 0 amide bonds. The van der Waals surface area contributed by atoms with Crippen molar-refractivity contribution in [3.63, 3.8) is 0 Å². The van der Waals surface area contributed by atoms with E-state index in [1.54, 1.807) is 22.7 Å². The fraction of sp³-hybridized carbons (Fsp3) is 0.0400. The van der Waals surface area contributed by atoms with Gasteiger partial charge in [0.25, 0.3) is 11.2 Å². The third kappa shape index (κ3) is 2.61. The fourth-order valence-corrected chi connectivity index (χ4v) is 4.32. The topological polar surface area (TPSA) is 86.7 Å². The predicted molar refractivity (Wildman–Crippen MR) is 123 cm³/mol. The molecular weight excluding hydrogens is 406 g/mol. The summed E-state index contributed by atoms with van der Waals surface area (Å²) in [7, 11) is 0. The first-order valence-electron chi connectivity index (χ1n) is 10.1. The molecule has 0 bridgehead atoms. The molecule has 154 valence electrons. The van der Waals surface area contributed by atoms with Crippen LogP contribution >= 0.6 is 0 Å². The lowest BCUT2D eigenvalue weighted by Gasteiger charge is -2.07. The summed E-state index contributed by atoms with van der Waals surface area (Å²) in [6.45, 7) is 0.277. The number of ether oxygens (including phenoxy) is 1. The third-order valence-electron chi connectivity index (χ3n) is 5.82. The Hall–Kier alpha value is -4.52. The summed E-state index contributed by atoms with van der Waals surface area (Å²) in [4.78, 5) is 28.3. The average molecular weight is 421 g/mol. The van der Waals surface area contributed by atoms with Crippen LogP contribution in [0.5, 0.6) is 5.75 Å². The summed E-state index contributed by atoms with van der Waals surface area (Å²) in [5, 5.41) is 14.1. The first-order chi connectivity index (χ1) is 15.6. The van der Waals surface area contributed by atoms with Crippen molar-refractivity contribution in [3.8, 4) is 5.75 Å². The van der Waals surface area contributed by atoms with Crippen molar-refractivity contribution in [2.75, 3.05) is 0 Å².